The fourth-order valence-electron chi connectivity index (χ4n) is 3.23. The number of hydrogen-bond acceptors (Lipinski definition) is 4. The quantitative estimate of drug-likeness (QED) is 0.433. The van der Waals surface area contributed by atoms with E-state index in [2.05, 4.69) is 27.9 Å². The van der Waals surface area contributed by atoms with Crippen LogP contribution < -0.4 is 9.62 Å². The molecule has 0 aliphatic rings. The first-order chi connectivity index (χ1) is 15.4. The topological polar surface area (TPSA) is 86.8 Å². The highest BCUT2D eigenvalue weighted by atomic mass is 127. The summed E-state index contributed by atoms with van der Waals surface area (Å²) in [4.78, 5) is 27.7. The SMILES string of the molecule is Cc1ccccc1CN(C(=O)CN(c1ccc(I)cc1)S(C)(=O)=O)[C@H](C)C(=O)NCC(C)C. The minimum atomic E-state index is -3.72. The second-order valence-electron chi connectivity index (χ2n) is 8.51. The molecule has 0 saturated carbocycles. The molecule has 1 atom stereocenters. The minimum Gasteiger partial charge on any atom is -0.354 e. The van der Waals surface area contributed by atoms with Gasteiger partial charge in [-0.05, 0) is 77.7 Å². The molecule has 2 amide bonds. The van der Waals surface area contributed by atoms with Gasteiger partial charge in [-0.3, -0.25) is 13.9 Å². The number of hydrogen-bond donors (Lipinski definition) is 1. The summed E-state index contributed by atoms with van der Waals surface area (Å²) in [7, 11) is -3.72. The fraction of sp³-hybridized carbons (Fsp3) is 0.417. The number of aryl methyl sites for hydroxylation is 1. The van der Waals surface area contributed by atoms with Gasteiger partial charge >= 0.3 is 0 Å². The molecule has 0 spiro atoms. The number of carbonyl (C=O) groups excluding carboxylic acids is 2. The van der Waals surface area contributed by atoms with Crippen molar-refractivity contribution in [2.45, 2.75) is 40.3 Å². The summed E-state index contributed by atoms with van der Waals surface area (Å²) in [5.74, 6) is -0.455. The average Bonchev–Trinajstić information content (AvgIpc) is 2.74. The van der Waals surface area contributed by atoms with Crippen molar-refractivity contribution in [2.24, 2.45) is 5.92 Å². The van der Waals surface area contributed by atoms with Crippen molar-refractivity contribution in [3.05, 3.63) is 63.2 Å². The van der Waals surface area contributed by atoms with Crippen LogP contribution in [-0.4, -0.2) is 50.5 Å². The zero-order valence-corrected chi connectivity index (χ0v) is 22.7. The number of amides is 2. The van der Waals surface area contributed by atoms with Gasteiger partial charge in [0.2, 0.25) is 21.8 Å². The van der Waals surface area contributed by atoms with Crippen LogP contribution in [0.3, 0.4) is 0 Å². The van der Waals surface area contributed by atoms with E-state index in [1.165, 1.54) is 4.90 Å². The molecule has 0 aromatic heterocycles. The Balaban J connectivity index is 2.36. The fourth-order valence-corrected chi connectivity index (χ4v) is 4.44. The Morgan fingerprint density at radius 1 is 1.03 bits per heavy atom. The Kier molecular flexibility index (Phi) is 9.71. The van der Waals surface area contributed by atoms with E-state index in [9.17, 15) is 18.0 Å². The highest BCUT2D eigenvalue weighted by molar-refractivity contribution is 14.1. The molecule has 9 heteroatoms. The highest BCUT2D eigenvalue weighted by Gasteiger charge is 2.30. The van der Waals surface area contributed by atoms with Crippen LogP contribution in [-0.2, 0) is 26.2 Å². The molecule has 2 rings (SSSR count). The van der Waals surface area contributed by atoms with E-state index in [0.29, 0.717) is 12.2 Å². The summed E-state index contributed by atoms with van der Waals surface area (Å²) in [6, 6.07) is 13.8. The lowest BCUT2D eigenvalue weighted by molar-refractivity contribution is -0.139. The number of nitrogens with zero attached hydrogens (tertiary/aromatic N) is 2. The van der Waals surface area contributed by atoms with Crippen LogP contribution in [0.4, 0.5) is 5.69 Å². The van der Waals surface area contributed by atoms with Gasteiger partial charge in [0.1, 0.15) is 12.6 Å². The van der Waals surface area contributed by atoms with Gasteiger partial charge in [-0.2, -0.15) is 0 Å². The molecule has 0 unspecified atom stereocenters. The first kappa shape index (κ1) is 27.1. The number of benzene rings is 2. The van der Waals surface area contributed by atoms with Gasteiger partial charge in [0.15, 0.2) is 0 Å². The van der Waals surface area contributed by atoms with E-state index in [1.807, 2.05) is 45.0 Å². The van der Waals surface area contributed by atoms with Gasteiger partial charge in [-0.25, -0.2) is 8.42 Å². The number of sulfonamides is 1. The van der Waals surface area contributed by atoms with Crippen LogP contribution in [0.25, 0.3) is 0 Å². The Hall–Kier alpha value is -2.14. The number of rotatable bonds is 10. The lowest BCUT2D eigenvalue weighted by Gasteiger charge is -2.32. The van der Waals surface area contributed by atoms with E-state index in [-0.39, 0.29) is 18.4 Å². The highest BCUT2D eigenvalue weighted by Crippen LogP contribution is 2.21. The van der Waals surface area contributed by atoms with Crippen LogP contribution in [0.1, 0.15) is 31.9 Å². The molecule has 2 aromatic carbocycles. The molecule has 180 valence electrons. The normalized spacial score (nSPS) is 12.3. The second kappa shape index (κ2) is 11.8. The third-order valence-electron chi connectivity index (χ3n) is 5.25. The van der Waals surface area contributed by atoms with Gasteiger partial charge in [0.25, 0.3) is 0 Å². The van der Waals surface area contributed by atoms with Gasteiger partial charge in [-0.15, -0.1) is 0 Å². The predicted molar refractivity (Wildman–Crippen MR) is 140 cm³/mol. The van der Waals surface area contributed by atoms with E-state index >= 15 is 0 Å². The van der Waals surface area contributed by atoms with Crippen molar-refractivity contribution in [3.63, 3.8) is 0 Å². The molecular formula is C24H32IN3O4S. The molecule has 0 aliphatic carbocycles. The summed E-state index contributed by atoms with van der Waals surface area (Å²) in [5, 5.41) is 2.87. The maximum Gasteiger partial charge on any atom is 0.244 e. The molecule has 0 fully saturated rings. The van der Waals surface area contributed by atoms with E-state index < -0.39 is 28.5 Å². The second-order valence-corrected chi connectivity index (χ2v) is 11.7. The molecule has 33 heavy (non-hydrogen) atoms. The maximum atomic E-state index is 13.5. The Morgan fingerprint density at radius 3 is 2.18 bits per heavy atom. The Labute approximate surface area is 210 Å². The van der Waals surface area contributed by atoms with Crippen molar-refractivity contribution >= 4 is 50.1 Å². The largest absolute Gasteiger partial charge is 0.354 e. The van der Waals surface area contributed by atoms with Crippen LogP contribution in [0.15, 0.2) is 48.5 Å². The molecule has 7 nitrogen and oxygen atoms in total. The average molecular weight is 586 g/mol. The number of carbonyl (C=O) groups is 2. The smallest absolute Gasteiger partial charge is 0.244 e. The molecule has 2 aromatic rings. The van der Waals surface area contributed by atoms with Crippen LogP contribution in [0, 0.1) is 16.4 Å². The number of nitrogens with one attached hydrogen (secondary N) is 1. The molecule has 0 saturated heterocycles. The predicted octanol–water partition coefficient (Wildman–Crippen LogP) is 3.56. The van der Waals surface area contributed by atoms with Crippen molar-refractivity contribution in [1.82, 2.24) is 10.2 Å². The van der Waals surface area contributed by atoms with Crippen molar-refractivity contribution in [2.75, 3.05) is 23.7 Å². The summed E-state index contributed by atoms with van der Waals surface area (Å²) >= 11 is 2.13. The van der Waals surface area contributed by atoms with E-state index in [0.717, 1.165) is 25.3 Å². The van der Waals surface area contributed by atoms with Gasteiger partial charge in [0, 0.05) is 16.7 Å². The van der Waals surface area contributed by atoms with E-state index in [4.69, 9.17) is 0 Å². The third kappa shape index (κ3) is 7.99. The Bertz CT molecular complexity index is 1070. The summed E-state index contributed by atoms with van der Waals surface area (Å²) in [6.45, 7) is 7.89. The van der Waals surface area contributed by atoms with Crippen LogP contribution >= 0.6 is 22.6 Å². The van der Waals surface area contributed by atoms with Crippen molar-refractivity contribution in [3.8, 4) is 0 Å². The summed E-state index contributed by atoms with van der Waals surface area (Å²) in [6.07, 6.45) is 1.07. The van der Waals surface area contributed by atoms with Crippen molar-refractivity contribution in [1.29, 1.82) is 0 Å². The zero-order valence-electron chi connectivity index (χ0n) is 19.7. The molecule has 0 radical (unpaired) electrons. The van der Waals surface area contributed by atoms with Gasteiger partial charge in [-0.1, -0.05) is 38.1 Å². The Morgan fingerprint density at radius 2 is 1.64 bits per heavy atom. The molecular weight excluding hydrogens is 553 g/mol. The lowest BCUT2D eigenvalue weighted by atomic mass is 10.1. The number of anilines is 1. The minimum absolute atomic E-state index is 0.200. The van der Waals surface area contributed by atoms with Crippen molar-refractivity contribution < 1.29 is 18.0 Å². The van der Waals surface area contributed by atoms with E-state index in [1.54, 1.807) is 31.2 Å². The van der Waals surface area contributed by atoms with Gasteiger partial charge < -0.3 is 10.2 Å². The molecule has 0 aliphatic heterocycles. The number of halogens is 1. The summed E-state index contributed by atoms with van der Waals surface area (Å²) in [5.41, 5.74) is 2.29. The van der Waals surface area contributed by atoms with Crippen LogP contribution in [0.2, 0.25) is 0 Å². The van der Waals surface area contributed by atoms with Crippen LogP contribution in [0.5, 0.6) is 0 Å². The molecule has 0 heterocycles. The molecule has 1 N–H and O–H groups in total. The monoisotopic (exact) mass is 585 g/mol. The molecule has 0 bridgehead atoms. The van der Waals surface area contributed by atoms with Gasteiger partial charge in [0.05, 0.1) is 11.9 Å². The zero-order chi connectivity index (χ0) is 24.8. The maximum absolute atomic E-state index is 13.5. The lowest BCUT2D eigenvalue weighted by Crippen LogP contribution is -2.51. The first-order valence-corrected chi connectivity index (χ1v) is 13.7. The summed E-state index contributed by atoms with van der Waals surface area (Å²) < 4.78 is 27.1. The first-order valence-electron chi connectivity index (χ1n) is 10.7. The standard InChI is InChI=1S/C24H32IN3O4S/c1-17(2)14-26-24(30)19(4)27(15-20-9-7-6-8-18(20)3)23(29)16-28(33(5,31)32)22-12-10-21(25)11-13-22/h6-13,17,19H,14-16H2,1-5H3,(H,26,30)/t19-/m1/s1. The third-order valence-corrected chi connectivity index (χ3v) is 7.11.